The lowest BCUT2D eigenvalue weighted by Gasteiger charge is -2.30. The largest absolute Gasteiger partial charge is 0.454 e. The zero-order valence-electron chi connectivity index (χ0n) is 26.4. The maximum absolute atomic E-state index is 14.2. The van der Waals surface area contributed by atoms with Crippen LogP contribution in [0.4, 0.5) is 9.59 Å². The van der Waals surface area contributed by atoms with E-state index in [-0.39, 0.29) is 31.3 Å². The summed E-state index contributed by atoms with van der Waals surface area (Å²) in [4.78, 5) is 51.9. The summed E-state index contributed by atoms with van der Waals surface area (Å²) >= 11 is 3.47. The molecule has 0 radical (unpaired) electrons. The number of nitrogens with one attached hydrogen (secondary N) is 2. The van der Waals surface area contributed by atoms with Gasteiger partial charge in [0, 0.05) is 23.0 Å². The van der Waals surface area contributed by atoms with Gasteiger partial charge in [-0.05, 0) is 60.9 Å². The Bertz CT molecular complexity index is 1650. The summed E-state index contributed by atoms with van der Waals surface area (Å²) in [6, 6.07) is 10.3. The van der Waals surface area contributed by atoms with E-state index in [9.17, 15) is 14.4 Å². The molecular formula is C34H38BrN5O7. The van der Waals surface area contributed by atoms with Gasteiger partial charge in [0.05, 0.1) is 31.0 Å². The first-order valence-electron chi connectivity index (χ1n) is 16.2. The number of likely N-dealkylation sites (tertiary alicyclic amines) is 1. The average Bonchev–Trinajstić information content (AvgIpc) is 3.88. The minimum Gasteiger partial charge on any atom is -0.454 e. The number of benzene rings is 2. The fourth-order valence-electron chi connectivity index (χ4n) is 6.87. The van der Waals surface area contributed by atoms with Crippen LogP contribution in [0, 0.1) is 5.92 Å². The molecule has 4 heterocycles. The average molecular weight is 709 g/mol. The molecule has 12 nitrogen and oxygen atoms in total. The molecule has 0 bridgehead atoms. The maximum atomic E-state index is 14.2. The van der Waals surface area contributed by atoms with Gasteiger partial charge in [0.15, 0.2) is 11.5 Å². The van der Waals surface area contributed by atoms with Crippen molar-refractivity contribution in [2.24, 2.45) is 5.92 Å². The van der Waals surface area contributed by atoms with Crippen LogP contribution in [-0.4, -0.2) is 69.4 Å². The van der Waals surface area contributed by atoms with Crippen LogP contribution in [0.1, 0.15) is 68.9 Å². The molecule has 248 valence electrons. The first kappa shape index (κ1) is 31.3. The number of carbonyl (C=O) groups is 3. The fourth-order valence-corrected chi connectivity index (χ4v) is 7.13. The molecule has 2 fully saturated rings. The molecular weight excluding hydrogens is 670 g/mol. The van der Waals surface area contributed by atoms with Crippen LogP contribution >= 0.6 is 15.9 Å². The normalized spacial score (nSPS) is 20.9. The van der Waals surface area contributed by atoms with Gasteiger partial charge in [-0.3, -0.25) is 9.69 Å². The van der Waals surface area contributed by atoms with E-state index in [4.69, 9.17) is 18.9 Å². The molecule has 7 rings (SSSR count). The smallest absolute Gasteiger partial charge is 0.410 e. The molecule has 1 aliphatic carbocycles. The highest BCUT2D eigenvalue weighted by atomic mass is 79.9. The Balaban J connectivity index is 1.09. The Morgan fingerprint density at radius 2 is 1.81 bits per heavy atom. The van der Waals surface area contributed by atoms with E-state index in [2.05, 4.69) is 31.2 Å². The van der Waals surface area contributed by atoms with E-state index in [0.717, 1.165) is 52.5 Å². The van der Waals surface area contributed by atoms with Gasteiger partial charge in [0.1, 0.15) is 24.1 Å². The Morgan fingerprint density at radius 3 is 2.57 bits per heavy atom. The van der Waals surface area contributed by atoms with Crippen molar-refractivity contribution in [2.75, 3.05) is 13.3 Å². The van der Waals surface area contributed by atoms with Gasteiger partial charge in [-0.15, -0.1) is 0 Å². The van der Waals surface area contributed by atoms with Gasteiger partial charge in [-0.2, -0.15) is 0 Å². The van der Waals surface area contributed by atoms with Gasteiger partial charge in [0.25, 0.3) is 0 Å². The van der Waals surface area contributed by atoms with Gasteiger partial charge in [0.2, 0.25) is 12.7 Å². The maximum Gasteiger partial charge on any atom is 0.410 e. The number of H-pyrrole nitrogens is 1. The SMILES string of the molecule is CC(C)[C@H](NC(=O)OC1CCCC1)C(=O)N1C[C@H](OC(=O)N2Cc3ccc4c(c3C2)OCO4)C[C@H]1c1ncc(-c2ccc(Br)cc2)[nH]1. The fraction of sp³-hybridized carbons (Fsp3) is 0.471. The van der Waals surface area contributed by atoms with E-state index in [0.29, 0.717) is 36.8 Å². The number of ether oxygens (including phenoxy) is 4. The molecule has 1 saturated heterocycles. The van der Waals surface area contributed by atoms with E-state index >= 15 is 0 Å². The number of fused-ring (bicyclic) bond motifs is 3. The van der Waals surface area contributed by atoms with Crippen molar-refractivity contribution >= 4 is 34.0 Å². The quantitative estimate of drug-likeness (QED) is 0.303. The number of halogens is 1. The third-order valence-corrected chi connectivity index (χ3v) is 9.90. The third-order valence-electron chi connectivity index (χ3n) is 9.37. The summed E-state index contributed by atoms with van der Waals surface area (Å²) < 4.78 is 23.8. The Kier molecular flexibility index (Phi) is 8.73. The monoisotopic (exact) mass is 707 g/mol. The highest BCUT2D eigenvalue weighted by Crippen LogP contribution is 2.42. The number of hydrogen-bond donors (Lipinski definition) is 2. The molecule has 3 atom stereocenters. The van der Waals surface area contributed by atoms with Crippen molar-refractivity contribution in [3.05, 3.63) is 64.0 Å². The van der Waals surface area contributed by atoms with Gasteiger partial charge in [-0.25, -0.2) is 14.6 Å². The van der Waals surface area contributed by atoms with Crippen LogP contribution < -0.4 is 14.8 Å². The Morgan fingerprint density at radius 1 is 1.02 bits per heavy atom. The molecule has 2 aromatic carbocycles. The lowest BCUT2D eigenvalue weighted by Crippen LogP contribution is -2.52. The molecule has 3 aliphatic heterocycles. The number of amides is 3. The molecule has 13 heteroatoms. The highest BCUT2D eigenvalue weighted by Gasteiger charge is 2.44. The topological polar surface area (TPSA) is 135 Å². The van der Waals surface area contributed by atoms with Gasteiger partial charge < -0.3 is 34.1 Å². The van der Waals surface area contributed by atoms with Gasteiger partial charge in [-0.1, -0.05) is 48.0 Å². The summed E-state index contributed by atoms with van der Waals surface area (Å²) in [7, 11) is 0. The highest BCUT2D eigenvalue weighted by molar-refractivity contribution is 9.10. The van der Waals surface area contributed by atoms with E-state index < -0.39 is 30.4 Å². The first-order valence-corrected chi connectivity index (χ1v) is 17.0. The first-order chi connectivity index (χ1) is 22.7. The standard InChI is InChI=1S/C34H38BrN5O7/c1-19(2)29(38-33(42)46-23-5-3-4-6-23)32(41)40-16-24(13-27(40)31-36-14-26(37-31)20-7-10-22(35)11-8-20)47-34(43)39-15-21-9-12-28-30(25(21)17-39)45-18-44-28/h7-12,14,19,23-24,27,29H,3-6,13,15-18H2,1-2H3,(H,36,37)(H,38,42)/t24-,27+,29+/m1/s1. The van der Waals surface area contributed by atoms with E-state index in [1.807, 2.05) is 50.2 Å². The Hall–Kier alpha value is -4.26. The number of hydrogen-bond acceptors (Lipinski definition) is 8. The number of aromatic amines is 1. The second-order valence-electron chi connectivity index (χ2n) is 12.9. The predicted molar refractivity (Wildman–Crippen MR) is 173 cm³/mol. The van der Waals surface area contributed by atoms with Crippen molar-refractivity contribution in [3.63, 3.8) is 0 Å². The molecule has 2 N–H and O–H groups in total. The van der Waals surface area contributed by atoms with Crippen LogP contribution in [0.5, 0.6) is 11.5 Å². The van der Waals surface area contributed by atoms with E-state index in [1.54, 1.807) is 16.0 Å². The van der Waals surface area contributed by atoms with Crippen molar-refractivity contribution < 1.29 is 33.3 Å². The van der Waals surface area contributed by atoms with Crippen molar-refractivity contribution in [1.29, 1.82) is 0 Å². The molecule has 0 unspecified atom stereocenters. The third kappa shape index (κ3) is 6.50. The number of alkyl carbamates (subject to hydrolysis) is 1. The summed E-state index contributed by atoms with van der Waals surface area (Å²) in [5.74, 6) is 1.43. The number of rotatable bonds is 7. The minimum absolute atomic E-state index is 0.127. The lowest BCUT2D eigenvalue weighted by molar-refractivity contribution is -0.136. The van der Waals surface area contributed by atoms with Crippen LogP contribution in [0.15, 0.2) is 47.1 Å². The lowest BCUT2D eigenvalue weighted by atomic mass is 10.0. The molecule has 3 aromatic rings. The molecule has 47 heavy (non-hydrogen) atoms. The molecule has 1 aromatic heterocycles. The summed E-state index contributed by atoms with van der Waals surface area (Å²) in [6.45, 7) is 4.81. The van der Waals surface area contributed by atoms with E-state index in [1.165, 1.54) is 0 Å². The summed E-state index contributed by atoms with van der Waals surface area (Å²) in [6.07, 6.45) is 4.02. The van der Waals surface area contributed by atoms with Crippen LogP contribution in [-0.2, 0) is 27.4 Å². The summed E-state index contributed by atoms with van der Waals surface area (Å²) in [5, 5.41) is 2.83. The number of nitrogens with zero attached hydrogens (tertiary/aromatic N) is 3. The van der Waals surface area contributed by atoms with Crippen LogP contribution in [0.2, 0.25) is 0 Å². The minimum atomic E-state index is -0.834. The second-order valence-corrected chi connectivity index (χ2v) is 13.8. The molecule has 1 saturated carbocycles. The number of imidazole rings is 1. The zero-order valence-corrected chi connectivity index (χ0v) is 28.0. The molecule has 0 spiro atoms. The van der Waals surface area contributed by atoms with Crippen LogP contribution in [0.3, 0.4) is 0 Å². The number of carbonyl (C=O) groups excluding carboxylic acids is 3. The van der Waals surface area contributed by atoms with Crippen molar-refractivity contribution in [3.8, 4) is 22.8 Å². The number of aromatic nitrogens is 2. The van der Waals surface area contributed by atoms with Crippen LogP contribution in [0.25, 0.3) is 11.3 Å². The van der Waals surface area contributed by atoms with Gasteiger partial charge >= 0.3 is 12.2 Å². The summed E-state index contributed by atoms with van der Waals surface area (Å²) in [5.41, 5.74) is 3.65. The molecule has 4 aliphatic rings. The second kappa shape index (κ2) is 13.1. The van der Waals surface area contributed by atoms with Crippen molar-refractivity contribution in [1.82, 2.24) is 25.1 Å². The Labute approximate surface area is 281 Å². The zero-order chi connectivity index (χ0) is 32.7. The van der Waals surface area contributed by atoms with Crippen molar-refractivity contribution in [2.45, 2.75) is 83.3 Å². The predicted octanol–water partition coefficient (Wildman–Crippen LogP) is 6.06. The molecule has 3 amide bonds.